The van der Waals surface area contributed by atoms with Crippen LogP contribution in [-0.4, -0.2) is 38.8 Å². The van der Waals surface area contributed by atoms with Gasteiger partial charge in [-0.25, -0.2) is 4.79 Å². The Morgan fingerprint density at radius 2 is 1.69 bits per heavy atom. The van der Waals surface area contributed by atoms with Crippen molar-refractivity contribution in [2.24, 2.45) is 0 Å². The molecule has 0 fully saturated rings. The predicted octanol–water partition coefficient (Wildman–Crippen LogP) is 7.92. The van der Waals surface area contributed by atoms with Gasteiger partial charge in [0.15, 0.2) is 0 Å². The zero-order valence-corrected chi connectivity index (χ0v) is 25.0. The number of allylic oxidation sites excluding steroid dienone is 1. The van der Waals surface area contributed by atoms with Crippen LogP contribution in [0.2, 0.25) is 0 Å². The molecule has 42 heavy (non-hydrogen) atoms. The fraction of sp³-hybridized carbons (Fsp3) is 0.286. The lowest BCUT2D eigenvalue weighted by Crippen LogP contribution is -2.06. The van der Waals surface area contributed by atoms with Crippen molar-refractivity contribution in [3.8, 4) is 17.2 Å². The smallest absolute Gasteiger partial charge is 0.330 e. The molecule has 0 aliphatic rings. The third-order valence-electron chi connectivity index (χ3n) is 6.09. The number of benzene rings is 3. The molecule has 0 amide bonds. The lowest BCUT2D eigenvalue weighted by atomic mass is 10.1. The molecule has 0 aliphatic carbocycles. The van der Waals surface area contributed by atoms with Crippen molar-refractivity contribution >= 4 is 24.2 Å². The highest BCUT2D eigenvalue weighted by molar-refractivity contribution is 5.86. The van der Waals surface area contributed by atoms with E-state index in [4.69, 9.17) is 24.4 Å². The van der Waals surface area contributed by atoms with E-state index in [-0.39, 0.29) is 6.61 Å². The van der Waals surface area contributed by atoms with Crippen molar-refractivity contribution in [2.45, 2.75) is 46.5 Å². The Morgan fingerprint density at radius 1 is 0.952 bits per heavy atom. The molecule has 0 aromatic heterocycles. The van der Waals surface area contributed by atoms with Crippen molar-refractivity contribution < 1.29 is 28.5 Å². The van der Waals surface area contributed by atoms with E-state index in [1.165, 1.54) is 17.3 Å². The first-order valence-corrected chi connectivity index (χ1v) is 14.0. The van der Waals surface area contributed by atoms with Gasteiger partial charge in [-0.15, -0.1) is 0 Å². The highest BCUT2D eigenvalue weighted by Crippen LogP contribution is 2.27. The molecule has 3 aromatic rings. The van der Waals surface area contributed by atoms with E-state index in [1.807, 2.05) is 49.4 Å². The standard InChI is InChI=1S/C26H29NO5.C9H12O/c1-3-5-6-8-24(32-25-14-9-20(19-28)17-22(25)18-27)21-10-12-23(13-11-21)30-15-7-16-31-26(29)4-2;1-7-4-5-9(10-3)8(2)6-7/h4,8-14,17-19,27H,2-3,5-7,15-16H2,1H3;4-6H,1-3H3/b24-8+,27-18?;. The highest BCUT2D eigenvalue weighted by Gasteiger charge is 2.10. The molecule has 0 saturated heterocycles. The van der Waals surface area contributed by atoms with E-state index in [9.17, 15) is 9.59 Å². The lowest BCUT2D eigenvalue weighted by Gasteiger charge is -2.14. The van der Waals surface area contributed by atoms with Crippen LogP contribution in [0.1, 0.15) is 65.2 Å². The largest absolute Gasteiger partial charge is 0.496 e. The van der Waals surface area contributed by atoms with Gasteiger partial charge in [-0.05, 0) is 86.9 Å². The van der Waals surface area contributed by atoms with Crippen LogP contribution in [0.3, 0.4) is 0 Å². The molecule has 7 nitrogen and oxygen atoms in total. The quantitative estimate of drug-likeness (QED) is 0.0497. The topological polar surface area (TPSA) is 94.9 Å². The number of rotatable bonds is 15. The number of aryl methyl sites for hydroxylation is 2. The fourth-order valence-corrected chi connectivity index (χ4v) is 3.84. The first-order valence-electron chi connectivity index (χ1n) is 14.0. The van der Waals surface area contributed by atoms with Crippen LogP contribution >= 0.6 is 0 Å². The number of unbranched alkanes of at least 4 members (excludes halogenated alkanes) is 2. The SMILES string of the molecule is C=CC(=O)OCCCOc1ccc(/C(=C\CCCC)Oc2ccc(C=O)cc2C=N)cc1.COc1ccc(C)cc1C. The number of hydrogen-bond acceptors (Lipinski definition) is 7. The van der Waals surface area contributed by atoms with Crippen LogP contribution in [0.25, 0.3) is 5.76 Å². The predicted molar refractivity (Wildman–Crippen MR) is 168 cm³/mol. The second-order valence-electron chi connectivity index (χ2n) is 9.44. The monoisotopic (exact) mass is 571 g/mol. The summed E-state index contributed by atoms with van der Waals surface area (Å²) in [5.41, 5.74) is 4.38. The van der Waals surface area contributed by atoms with E-state index in [1.54, 1.807) is 25.3 Å². The minimum Gasteiger partial charge on any atom is -0.496 e. The third-order valence-corrected chi connectivity index (χ3v) is 6.09. The number of aldehydes is 1. The third kappa shape index (κ3) is 11.5. The number of nitrogens with one attached hydrogen (secondary N) is 1. The molecular formula is C35H41NO6. The zero-order valence-electron chi connectivity index (χ0n) is 25.0. The summed E-state index contributed by atoms with van der Waals surface area (Å²) in [5, 5.41) is 7.64. The minimum absolute atomic E-state index is 0.277. The Balaban J connectivity index is 0.000000518. The maximum Gasteiger partial charge on any atom is 0.330 e. The molecule has 0 bridgehead atoms. The minimum atomic E-state index is -0.441. The normalized spacial score (nSPS) is 10.5. The number of carbonyl (C=O) groups excluding carboxylic acids is 2. The van der Waals surface area contributed by atoms with Crippen molar-refractivity contribution in [1.82, 2.24) is 0 Å². The highest BCUT2D eigenvalue weighted by atomic mass is 16.5. The van der Waals surface area contributed by atoms with E-state index in [0.29, 0.717) is 41.4 Å². The van der Waals surface area contributed by atoms with Crippen LogP contribution in [0.4, 0.5) is 0 Å². The van der Waals surface area contributed by atoms with E-state index in [0.717, 1.165) is 42.9 Å². The average Bonchev–Trinajstić information content (AvgIpc) is 3.01. The van der Waals surface area contributed by atoms with E-state index >= 15 is 0 Å². The summed E-state index contributed by atoms with van der Waals surface area (Å²) < 4.78 is 21.9. The van der Waals surface area contributed by atoms with Gasteiger partial charge in [-0.3, -0.25) is 4.79 Å². The number of ether oxygens (including phenoxy) is 4. The van der Waals surface area contributed by atoms with Gasteiger partial charge < -0.3 is 24.4 Å². The van der Waals surface area contributed by atoms with Crippen LogP contribution in [-0.2, 0) is 9.53 Å². The van der Waals surface area contributed by atoms with Gasteiger partial charge >= 0.3 is 5.97 Å². The Bertz CT molecular complexity index is 1340. The molecule has 0 spiro atoms. The molecule has 3 aromatic carbocycles. The molecule has 0 heterocycles. The van der Waals surface area contributed by atoms with Crippen molar-refractivity contribution in [1.29, 1.82) is 5.41 Å². The summed E-state index contributed by atoms with van der Waals surface area (Å²) in [6, 6.07) is 18.7. The Morgan fingerprint density at radius 3 is 2.31 bits per heavy atom. The van der Waals surface area contributed by atoms with Gasteiger partial charge in [0.2, 0.25) is 0 Å². The molecule has 0 aliphatic heterocycles. The summed E-state index contributed by atoms with van der Waals surface area (Å²) in [6.45, 7) is 10.3. The maximum absolute atomic E-state index is 11.0. The Hall–Kier alpha value is -4.65. The summed E-state index contributed by atoms with van der Waals surface area (Å²) in [7, 11) is 1.69. The van der Waals surface area contributed by atoms with Crippen LogP contribution in [0.5, 0.6) is 17.2 Å². The molecule has 3 rings (SSSR count). The van der Waals surface area contributed by atoms with Crippen LogP contribution in [0, 0.1) is 19.3 Å². The zero-order chi connectivity index (χ0) is 30.7. The Kier molecular flexibility index (Phi) is 14.9. The molecule has 222 valence electrons. The summed E-state index contributed by atoms with van der Waals surface area (Å²) in [4.78, 5) is 22.0. The summed E-state index contributed by atoms with van der Waals surface area (Å²) in [5.74, 6) is 2.42. The number of esters is 1. The Labute approximate surface area is 249 Å². The van der Waals surface area contributed by atoms with E-state index in [2.05, 4.69) is 26.5 Å². The first kappa shape index (κ1) is 33.6. The summed E-state index contributed by atoms with van der Waals surface area (Å²) >= 11 is 0. The molecule has 0 unspecified atom stereocenters. The number of methoxy groups -OCH3 is 1. The molecule has 0 saturated carbocycles. The molecule has 1 N–H and O–H groups in total. The van der Waals surface area contributed by atoms with Gasteiger partial charge in [0.25, 0.3) is 0 Å². The second kappa shape index (κ2) is 18.7. The van der Waals surface area contributed by atoms with Crippen molar-refractivity contribution in [3.05, 3.63) is 107 Å². The van der Waals surface area contributed by atoms with Crippen LogP contribution < -0.4 is 14.2 Å². The average molecular weight is 572 g/mol. The van der Waals surface area contributed by atoms with Crippen molar-refractivity contribution in [3.63, 3.8) is 0 Å². The molecular weight excluding hydrogens is 530 g/mol. The first-order chi connectivity index (χ1) is 20.3. The maximum atomic E-state index is 11.0. The lowest BCUT2D eigenvalue weighted by molar-refractivity contribution is -0.137. The second-order valence-corrected chi connectivity index (χ2v) is 9.44. The fourth-order valence-electron chi connectivity index (χ4n) is 3.84. The van der Waals surface area contributed by atoms with Gasteiger partial charge in [-0.2, -0.15) is 0 Å². The number of carbonyl (C=O) groups is 2. The molecule has 7 heteroatoms. The van der Waals surface area contributed by atoms with Gasteiger partial charge in [0, 0.05) is 35.4 Å². The molecule has 0 atom stereocenters. The molecule has 0 radical (unpaired) electrons. The summed E-state index contributed by atoms with van der Waals surface area (Å²) in [6.07, 6.45) is 8.63. The van der Waals surface area contributed by atoms with Gasteiger partial charge in [0.05, 0.1) is 20.3 Å². The van der Waals surface area contributed by atoms with Crippen molar-refractivity contribution in [2.75, 3.05) is 20.3 Å². The number of hydrogen-bond donors (Lipinski definition) is 1. The van der Waals surface area contributed by atoms with Gasteiger partial charge in [0.1, 0.15) is 29.3 Å². The van der Waals surface area contributed by atoms with Crippen LogP contribution in [0.15, 0.2) is 79.4 Å². The van der Waals surface area contributed by atoms with E-state index < -0.39 is 5.97 Å². The van der Waals surface area contributed by atoms with Gasteiger partial charge in [-0.1, -0.05) is 37.6 Å².